The molecule has 3 aliphatic heterocycles. The van der Waals surface area contributed by atoms with Gasteiger partial charge in [0.15, 0.2) is 0 Å². The standard InChI is InChI=1S/C16H29BO2.C12H24B2O4.C11H17F3O3S/c1-13(2)9-12(10-14(3,4)11-13)17-18-15(5,6)16(7,8)19-17;1-9(2)10(3,4)16-13(15-9)14-17-11(5,6)12(7,8)18-14;1-9(2)5-8(6-10(3,4)7-9)17-18(15,16)11(12,13)14/h9H,10-11H2,1-8H3;1-8H3;5H,6-7H2,1-4H3. The zero-order chi connectivity index (χ0) is 43.1. The monoisotopic (exact) mass is 804 g/mol. The normalized spacial score (nSPS) is 28.9. The molecule has 0 aromatic rings. The van der Waals surface area contributed by atoms with E-state index in [1.807, 2.05) is 83.1 Å². The predicted octanol–water partition coefficient (Wildman–Crippen LogP) is 10.2. The summed E-state index contributed by atoms with van der Waals surface area (Å²) in [5.41, 5.74) is -6.15. The third-order valence-corrected chi connectivity index (χ3v) is 13.2. The number of rotatable bonds is 4. The largest absolute Gasteiger partial charge is 0.534 e. The van der Waals surface area contributed by atoms with Gasteiger partial charge in [-0.05, 0) is 136 Å². The fourth-order valence-electron chi connectivity index (χ4n) is 8.14. The number of hydrogen-bond acceptors (Lipinski definition) is 9. The Balaban J connectivity index is 0.000000222. The van der Waals surface area contributed by atoms with Gasteiger partial charge in [-0.3, -0.25) is 0 Å². The van der Waals surface area contributed by atoms with Gasteiger partial charge in [0.25, 0.3) is 0 Å². The molecule has 316 valence electrons. The molecule has 0 unspecified atom stereocenters. The van der Waals surface area contributed by atoms with Crippen LogP contribution in [-0.2, 0) is 42.2 Å². The van der Waals surface area contributed by atoms with Gasteiger partial charge in [-0.15, -0.1) is 0 Å². The first kappa shape index (κ1) is 48.3. The molecule has 16 heteroatoms. The van der Waals surface area contributed by atoms with Crippen LogP contribution in [0.2, 0.25) is 0 Å². The minimum Gasteiger partial charge on any atom is -0.405 e. The molecule has 9 nitrogen and oxygen atoms in total. The Morgan fingerprint density at radius 3 is 1.15 bits per heavy atom. The molecular formula is C39H70B3F3O9S. The Labute approximate surface area is 332 Å². The lowest BCUT2D eigenvalue weighted by molar-refractivity contribution is -0.0529. The predicted molar refractivity (Wildman–Crippen MR) is 214 cm³/mol. The molecule has 0 radical (unpaired) electrons. The fraction of sp³-hybridized carbons (Fsp3) is 0.897. The van der Waals surface area contributed by atoms with E-state index in [1.54, 1.807) is 0 Å². The van der Waals surface area contributed by atoms with Crippen molar-refractivity contribution in [1.29, 1.82) is 0 Å². The lowest BCUT2D eigenvalue weighted by atomic mass is 9.49. The van der Waals surface area contributed by atoms with Crippen molar-refractivity contribution in [2.75, 3.05) is 0 Å². The van der Waals surface area contributed by atoms with E-state index in [-0.39, 0.29) is 63.7 Å². The molecule has 0 bridgehead atoms. The topological polar surface area (TPSA) is 98.8 Å². The van der Waals surface area contributed by atoms with Crippen LogP contribution in [0.3, 0.4) is 0 Å². The van der Waals surface area contributed by atoms with E-state index in [1.165, 1.54) is 18.0 Å². The van der Waals surface area contributed by atoms with Crippen LogP contribution in [0, 0.1) is 21.7 Å². The Bertz CT molecular complexity index is 1510. The van der Waals surface area contributed by atoms with Crippen molar-refractivity contribution >= 4 is 31.3 Å². The van der Waals surface area contributed by atoms with E-state index in [0.717, 1.165) is 12.8 Å². The maximum atomic E-state index is 12.2. The molecule has 3 heterocycles. The molecule has 5 aliphatic rings. The molecule has 5 rings (SSSR count). The van der Waals surface area contributed by atoms with Crippen molar-refractivity contribution in [2.24, 2.45) is 21.7 Å². The van der Waals surface area contributed by atoms with Crippen LogP contribution in [0.4, 0.5) is 13.2 Å². The molecule has 0 saturated carbocycles. The van der Waals surface area contributed by atoms with Crippen LogP contribution in [0.5, 0.6) is 0 Å². The minimum atomic E-state index is -5.57. The molecular weight excluding hydrogens is 734 g/mol. The lowest BCUT2D eigenvalue weighted by Crippen LogP contribution is -2.41. The van der Waals surface area contributed by atoms with Crippen molar-refractivity contribution in [3.63, 3.8) is 0 Å². The molecule has 0 N–H and O–H groups in total. The second kappa shape index (κ2) is 14.6. The number of halogens is 3. The van der Waals surface area contributed by atoms with Crippen LogP contribution in [0.15, 0.2) is 23.4 Å². The maximum Gasteiger partial charge on any atom is 0.534 e. The van der Waals surface area contributed by atoms with E-state index in [0.29, 0.717) is 5.41 Å². The summed E-state index contributed by atoms with van der Waals surface area (Å²) in [6.45, 7) is 41.4. The van der Waals surface area contributed by atoms with Gasteiger partial charge in [0.1, 0.15) is 5.76 Å². The van der Waals surface area contributed by atoms with Crippen molar-refractivity contribution in [2.45, 2.75) is 203 Å². The Morgan fingerprint density at radius 1 is 0.527 bits per heavy atom. The van der Waals surface area contributed by atoms with Gasteiger partial charge in [0.2, 0.25) is 0 Å². The van der Waals surface area contributed by atoms with E-state index >= 15 is 0 Å². The zero-order valence-electron chi connectivity index (χ0n) is 37.4. The number of hydrogen-bond donors (Lipinski definition) is 0. The average Bonchev–Trinajstić information content (AvgIpc) is 3.33. The second-order valence-electron chi connectivity index (χ2n) is 22.2. The van der Waals surface area contributed by atoms with Gasteiger partial charge in [-0.1, -0.05) is 61.5 Å². The van der Waals surface area contributed by atoms with Crippen molar-refractivity contribution in [1.82, 2.24) is 0 Å². The third-order valence-electron chi connectivity index (χ3n) is 12.2. The summed E-state index contributed by atoms with van der Waals surface area (Å²) in [4.78, 5) is 0. The van der Waals surface area contributed by atoms with Gasteiger partial charge in [-0.25, -0.2) is 0 Å². The quantitative estimate of drug-likeness (QED) is 0.156. The smallest absolute Gasteiger partial charge is 0.405 e. The van der Waals surface area contributed by atoms with Crippen molar-refractivity contribution < 1.29 is 53.7 Å². The highest BCUT2D eigenvalue weighted by Crippen LogP contribution is 2.49. The molecule has 3 fully saturated rings. The zero-order valence-corrected chi connectivity index (χ0v) is 38.2. The van der Waals surface area contributed by atoms with Gasteiger partial charge >= 0.3 is 36.8 Å². The summed E-state index contributed by atoms with van der Waals surface area (Å²) in [5, 5.41) is 0. The lowest BCUT2D eigenvalue weighted by Gasteiger charge is -2.39. The van der Waals surface area contributed by atoms with Crippen LogP contribution >= 0.6 is 0 Å². The van der Waals surface area contributed by atoms with Gasteiger partial charge in [0.05, 0.1) is 33.6 Å². The van der Waals surface area contributed by atoms with Crippen LogP contribution in [-0.4, -0.2) is 68.7 Å². The maximum absolute atomic E-state index is 12.2. The molecule has 0 aromatic carbocycles. The third kappa shape index (κ3) is 11.4. The van der Waals surface area contributed by atoms with Crippen LogP contribution < -0.4 is 0 Å². The minimum absolute atomic E-state index is 0.131. The van der Waals surface area contributed by atoms with Gasteiger partial charge < -0.3 is 32.1 Å². The number of allylic oxidation sites excluding steroid dienone is 4. The summed E-state index contributed by atoms with van der Waals surface area (Å²) in [6, 6.07) is 0. The summed E-state index contributed by atoms with van der Waals surface area (Å²) in [6.07, 6.45) is 7.03. The van der Waals surface area contributed by atoms with E-state index in [4.69, 9.17) is 27.9 Å². The summed E-state index contributed by atoms with van der Waals surface area (Å²) in [7, 11) is -6.69. The molecule has 2 aliphatic carbocycles. The first-order valence-electron chi connectivity index (χ1n) is 19.5. The second-order valence-corrected chi connectivity index (χ2v) is 23.7. The van der Waals surface area contributed by atoms with Crippen LogP contribution in [0.1, 0.15) is 164 Å². The highest BCUT2D eigenvalue weighted by Gasteiger charge is 2.64. The summed E-state index contributed by atoms with van der Waals surface area (Å²) in [5.74, 6) is -0.131. The summed E-state index contributed by atoms with van der Waals surface area (Å²) < 4.78 is 99.1. The molecule has 0 aromatic heterocycles. The van der Waals surface area contributed by atoms with Gasteiger partial charge in [-0.2, -0.15) is 21.6 Å². The van der Waals surface area contributed by atoms with E-state index in [9.17, 15) is 21.6 Å². The molecule has 0 spiro atoms. The Morgan fingerprint density at radius 2 is 0.836 bits per heavy atom. The first-order chi connectivity index (χ1) is 24.0. The Kier molecular flexibility index (Phi) is 12.8. The van der Waals surface area contributed by atoms with E-state index in [2.05, 4.69) is 65.6 Å². The van der Waals surface area contributed by atoms with Crippen LogP contribution in [0.25, 0.3) is 0 Å². The number of alkyl halides is 3. The molecule has 0 amide bonds. The highest BCUT2D eigenvalue weighted by molar-refractivity contribution is 7.87. The highest BCUT2D eigenvalue weighted by atomic mass is 32.2. The Hall–Kier alpha value is -1.03. The molecule has 55 heavy (non-hydrogen) atoms. The average molecular weight is 804 g/mol. The molecule has 0 atom stereocenters. The first-order valence-corrected chi connectivity index (χ1v) is 20.9. The summed E-state index contributed by atoms with van der Waals surface area (Å²) >= 11 is 0. The van der Waals surface area contributed by atoms with Crippen molar-refractivity contribution in [3.05, 3.63) is 23.4 Å². The van der Waals surface area contributed by atoms with E-state index < -0.39 is 35.1 Å². The van der Waals surface area contributed by atoms with Crippen molar-refractivity contribution in [3.8, 4) is 0 Å². The van der Waals surface area contributed by atoms with Gasteiger partial charge in [0, 0.05) is 6.42 Å². The fourth-order valence-corrected chi connectivity index (χ4v) is 8.63. The molecule has 3 saturated heterocycles. The SMILES string of the molecule is CC1(C)C=C(B2OC(C)(C)C(C)(C)O2)CC(C)(C)C1.CC1(C)C=C(OS(=O)(=O)C(F)(F)F)CC(C)(C)C1.CC1(C)OB(B2OC(C)(C)C(C)(C)O2)OC1(C)C.